The van der Waals surface area contributed by atoms with Gasteiger partial charge in [0.1, 0.15) is 0 Å². The van der Waals surface area contributed by atoms with Crippen LogP contribution in [-0.2, 0) is 30.1 Å². The largest absolute Gasteiger partial charge is 0.352 e. The van der Waals surface area contributed by atoms with E-state index in [1.54, 1.807) is 0 Å². The van der Waals surface area contributed by atoms with Crippen LogP contribution in [0.25, 0.3) is 0 Å². The molecule has 0 saturated heterocycles. The predicted octanol–water partition coefficient (Wildman–Crippen LogP) is -0.894. The van der Waals surface area contributed by atoms with E-state index in [4.69, 9.17) is 9.11 Å². The summed E-state index contributed by atoms with van der Waals surface area (Å²) in [5, 5.41) is 4.70. The SMILES string of the molecule is CS(=O)(=O)c1cc(C(=O)NCCCS(=O)(=O)O)cc(C(=O)NCCCS(=O)(=O)O)c1. The zero-order chi connectivity index (χ0) is 23.2. The first kappa shape index (κ1) is 26.0. The third-order valence-corrected chi connectivity index (χ3v) is 6.29. The van der Waals surface area contributed by atoms with Crippen molar-refractivity contribution in [1.82, 2.24) is 10.6 Å². The highest BCUT2D eigenvalue weighted by Gasteiger charge is 2.18. The summed E-state index contributed by atoms with van der Waals surface area (Å²) in [5.74, 6) is -2.69. The van der Waals surface area contributed by atoms with E-state index in [1.165, 1.54) is 0 Å². The average Bonchev–Trinajstić information content (AvgIpc) is 2.59. The highest BCUT2D eigenvalue weighted by molar-refractivity contribution is 7.90. The molecular weight excluding hydrogens is 464 g/mol. The molecule has 1 aromatic rings. The summed E-state index contributed by atoms with van der Waals surface area (Å²) in [4.78, 5) is 24.2. The quantitative estimate of drug-likeness (QED) is 0.224. The Hall–Kier alpha value is -2.07. The predicted molar refractivity (Wildman–Crippen MR) is 106 cm³/mol. The number of amides is 2. The summed E-state index contributed by atoms with van der Waals surface area (Å²) >= 11 is 0. The van der Waals surface area contributed by atoms with E-state index in [9.17, 15) is 34.8 Å². The molecule has 170 valence electrons. The lowest BCUT2D eigenvalue weighted by Gasteiger charge is -2.10. The molecular formula is C15H22N2O10S3. The zero-order valence-corrected chi connectivity index (χ0v) is 18.3. The van der Waals surface area contributed by atoms with Crippen LogP contribution in [-0.4, -0.2) is 77.0 Å². The van der Waals surface area contributed by atoms with Gasteiger partial charge in [0, 0.05) is 30.5 Å². The number of rotatable bonds is 11. The number of carbonyl (C=O) groups is 2. The minimum absolute atomic E-state index is 0.0859. The molecule has 0 aliphatic heterocycles. The number of carbonyl (C=O) groups excluding carboxylic acids is 2. The molecule has 2 amide bonds. The van der Waals surface area contributed by atoms with E-state index >= 15 is 0 Å². The second-order valence-electron chi connectivity index (χ2n) is 6.31. The maximum Gasteiger partial charge on any atom is 0.264 e. The van der Waals surface area contributed by atoms with Gasteiger partial charge in [0.2, 0.25) is 0 Å². The fourth-order valence-electron chi connectivity index (χ4n) is 2.19. The van der Waals surface area contributed by atoms with Gasteiger partial charge in [-0.3, -0.25) is 18.7 Å². The molecule has 0 unspecified atom stereocenters. The van der Waals surface area contributed by atoms with Crippen LogP contribution in [0.4, 0.5) is 0 Å². The van der Waals surface area contributed by atoms with Gasteiger partial charge in [-0.1, -0.05) is 0 Å². The maximum atomic E-state index is 12.2. The Morgan fingerprint density at radius 3 is 1.43 bits per heavy atom. The van der Waals surface area contributed by atoms with Gasteiger partial charge >= 0.3 is 0 Å². The smallest absolute Gasteiger partial charge is 0.264 e. The summed E-state index contributed by atoms with van der Waals surface area (Å²) in [6, 6.07) is 3.20. The van der Waals surface area contributed by atoms with Gasteiger partial charge in [0.05, 0.1) is 16.4 Å². The third kappa shape index (κ3) is 10.1. The summed E-state index contributed by atoms with van der Waals surface area (Å²) in [5.41, 5.74) is -0.347. The molecule has 4 N–H and O–H groups in total. The van der Waals surface area contributed by atoms with Crippen molar-refractivity contribution < 1.29 is 43.9 Å². The first-order valence-electron chi connectivity index (χ1n) is 8.40. The first-order valence-corrected chi connectivity index (χ1v) is 13.5. The molecule has 0 heterocycles. The molecule has 30 heavy (non-hydrogen) atoms. The van der Waals surface area contributed by atoms with Gasteiger partial charge in [0.15, 0.2) is 9.84 Å². The van der Waals surface area contributed by atoms with Crippen LogP contribution in [0.5, 0.6) is 0 Å². The Balaban J connectivity index is 2.95. The van der Waals surface area contributed by atoms with Crippen molar-refractivity contribution in [2.75, 3.05) is 30.9 Å². The number of nitrogens with one attached hydrogen (secondary N) is 2. The Kier molecular flexibility index (Phi) is 8.91. The van der Waals surface area contributed by atoms with E-state index in [-0.39, 0.29) is 42.0 Å². The van der Waals surface area contributed by atoms with Crippen LogP contribution < -0.4 is 10.6 Å². The summed E-state index contributed by atoms with van der Waals surface area (Å²) < 4.78 is 83.7. The van der Waals surface area contributed by atoms with E-state index in [0.29, 0.717) is 0 Å². The van der Waals surface area contributed by atoms with Crippen molar-refractivity contribution in [3.63, 3.8) is 0 Å². The summed E-state index contributed by atoms with van der Waals surface area (Å²) in [7, 11) is -12.2. The number of hydrogen-bond donors (Lipinski definition) is 4. The molecule has 0 aliphatic carbocycles. The molecule has 0 fully saturated rings. The van der Waals surface area contributed by atoms with E-state index in [0.717, 1.165) is 24.5 Å². The van der Waals surface area contributed by atoms with Crippen molar-refractivity contribution in [1.29, 1.82) is 0 Å². The van der Waals surface area contributed by atoms with Gasteiger partial charge < -0.3 is 10.6 Å². The molecule has 12 nitrogen and oxygen atoms in total. The molecule has 1 rings (SSSR count). The van der Waals surface area contributed by atoms with Gasteiger partial charge in [0.25, 0.3) is 32.1 Å². The second kappa shape index (κ2) is 10.3. The van der Waals surface area contributed by atoms with Crippen LogP contribution in [0.1, 0.15) is 33.6 Å². The molecule has 0 spiro atoms. The lowest BCUT2D eigenvalue weighted by Crippen LogP contribution is -2.28. The Morgan fingerprint density at radius 2 is 1.13 bits per heavy atom. The summed E-state index contributed by atoms with van der Waals surface area (Å²) in [6.07, 6.45) is 0.707. The fraction of sp³-hybridized carbons (Fsp3) is 0.467. The monoisotopic (exact) mass is 486 g/mol. The molecule has 0 radical (unpaired) electrons. The van der Waals surface area contributed by atoms with Crippen LogP contribution >= 0.6 is 0 Å². The van der Waals surface area contributed by atoms with Gasteiger partial charge in [-0.15, -0.1) is 0 Å². The standard InChI is InChI=1S/C15H22N2O10S3/c1-28(20,21)13-9-11(14(18)16-4-2-6-29(22,23)24)8-12(10-13)15(19)17-5-3-7-30(25,26)27/h8-10H,2-7H2,1H3,(H,16,18)(H,17,19)(H,22,23,24)(H,25,26,27). The van der Waals surface area contributed by atoms with E-state index in [2.05, 4.69) is 10.6 Å². The van der Waals surface area contributed by atoms with Gasteiger partial charge in [-0.2, -0.15) is 16.8 Å². The number of hydrogen-bond acceptors (Lipinski definition) is 8. The molecule has 0 bridgehead atoms. The molecule has 1 aromatic carbocycles. The van der Waals surface area contributed by atoms with Crippen molar-refractivity contribution in [2.45, 2.75) is 17.7 Å². The van der Waals surface area contributed by atoms with Crippen LogP contribution in [0.15, 0.2) is 23.1 Å². The molecule has 0 saturated carbocycles. The molecule has 0 atom stereocenters. The van der Waals surface area contributed by atoms with Crippen molar-refractivity contribution in [3.05, 3.63) is 29.3 Å². The Labute approximate surface area is 174 Å². The lowest BCUT2D eigenvalue weighted by molar-refractivity contribution is 0.0953. The summed E-state index contributed by atoms with van der Waals surface area (Å²) in [6.45, 7) is -0.252. The number of sulfone groups is 1. The number of benzene rings is 1. The first-order chi connectivity index (χ1) is 13.6. The van der Waals surface area contributed by atoms with Crippen molar-refractivity contribution in [2.24, 2.45) is 0 Å². The van der Waals surface area contributed by atoms with Crippen molar-refractivity contribution in [3.8, 4) is 0 Å². The Bertz CT molecular complexity index is 1040. The van der Waals surface area contributed by atoms with Crippen molar-refractivity contribution >= 4 is 41.9 Å². The molecule has 0 aromatic heterocycles. The maximum absolute atomic E-state index is 12.2. The Morgan fingerprint density at radius 1 is 0.767 bits per heavy atom. The highest BCUT2D eigenvalue weighted by Crippen LogP contribution is 2.16. The average molecular weight is 487 g/mol. The van der Waals surface area contributed by atoms with E-state index in [1.807, 2.05) is 0 Å². The van der Waals surface area contributed by atoms with Crippen LogP contribution in [0, 0.1) is 0 Å². The van der Waals surface area contributed by atoms with Gasteiger partial charge in [-0.05, 0) is 31.0 Å². The minimum Gasteiger partial charge on any atom is -0.352 e. The normalized spacial score (nSPS) is 12.4. The van der Waals surface area contributed by atoms with Crippen LogP contribution in [0.3, 0.4) is 0 Å². The molecule has 15 heteroatoms. The minimum atomic E-state index is -4.19. The lowest BCUT2D eigenvalue weighted by atomic mass is 10.1. The third-order valence-electron chi connectivity index (χ3n) is 3.59. The van der Waals surface area contributed by atoms with Gasteiger partial charge in [-0.25, -0.2) is 8.42 Å². The fourth-order valence-corrected chi connectivity index (χ4v) is 3.89. The molecule has 0 aliphatic rings. The van der Waals surface area contributed by atoms with E-state index < -0.39 is 53.4 Å². The zero-order valence-electron chi connectivity index (χ0n) is 15.9. The highest BCUT2D eigenvalue weighted by atomic mass is 32.2. The topological polar surface area (TPSA) is 201 Å². The van der Waals surface area contributed by atoms with Crippen LogP contribution in [0.2, 0.25) is 0 Å². The second-order valence-corrected chi connectivity index (χ2v) is 11.5.